The summed E-state index contributed by atoms with van der Waals surface area (Å²) in [4.78, 5) is 11.7. The van der Waals surface area contributed by atoms with Crippen LogP contribution < -0.4 is 0 Å². The number of ether oxygens (including phenoxy) is 5. The fourth-order valence-electron chi connectivity index (χ4n) is 6.75. The molecule has 7 nitrogen and oxygen atoms in total. The number of carbonyl (C=O) groups excluding carboxylic acids is 1. The van der Waals surface area contributed by atoms with E-state index in [-0.39, 0.29) is 42.4 Å². The molecule has 1 unspecified atom stereocenters. The number of carbonyl (C=O) groups is 1. The summed E-state index contributed by atoms with van der Waals surface area (Å²) >= 11 is 0. The van der Waals surface area contributed by atoms with E-state index in [9.17, 15) is 9.90 Å². The van der Waals surface area contributed by atoms with Crippen LogP contribution in [-0.2, 0) is 28.5 Å². The van der Waals surface area contributed by atoms with Gasteiger partial charge in [0, 0.05) is 32.3 Å². The van der Waals surface area contributed by atoms with Gasteiger partial charge in [-0.25, -0.2) is 0 Å². The number of allylic oxidation sites excluding steroid dienone is 2. The van der Waals surface area contributed by atoms with Gasteiger partial charge in [0.1, 0.15) is 0 Å². The van der Waals surface area contributed by atoms with Crippen LogP contribution in [0.15, 0.2) is 12.2 Å². The van der Waals surface area contributed by atoms with E-state index in [1.54, 1.807) is 0 Å². The molecule has 41 heavy (non-hydrogen) atoms. The van der Waals surface area contributed by atoms with Crippen molar-refractivity contribution in [2.24, 2.45) is 11.8 Å². The van der Waals surface area contributed by atoms with Crippen molar-refractivity contribution in [3.8, 4) is 0 Å². The minimum atomic E-state index is -0.479. The van der Waals surface area contributed by atoms with E-state index in [1.165, 1.54) is 25.7 Å². The molecule has 2 heterocycles. The molecule has 5 atom stereocenters. The molecule has 1 N–H and O–H groups in total. The molecule has 7 heteroatoms. The quantitative estimate of drug-likeness (QED) is 0.0900. The molecule has 0 aromatic carbocycles. The summed E-state index contributed by atoms with van der Waals surface area (Å²) in [5.74, 6) is -0.169. The summed E-state index contributed by atoms with van der Waals surface area (Å²) in [6.45, 7) is 8.12. The third kappa shape index (κ3) is 12.6. The van der Waals surface area contributed by atoms with Gasteiger partial charge >= 0.3 is 5.97 Å². The van der Waals surface area contributed by atoms with Gasteiger partial charge in [-0.3, -0.25) is 4.79 Å². The number of aliphatic hydroxyl groups excluding tert-OH is 1. The molecule has 3 fully saturated rings. The first kappa shape index (κ1) is 34.5. The van der Waals surface area contributed by atoms with Crippen molar-refractivity contribution < 1.29 is 33.6 Å². The van der Waals surface area contributed by atoms with E-state index in [2.05, 4.69) is 19.1 Å². The van der Waals surface area contributed by atoms with Gasteiger partial charge in [0.05, 0.1) is 31.5 Å². The zero-order valence-corrected chi connectivity index (χ0v) is 26.4. The highest BCUT2D eigenvalue weighted by atomic mass is 16.7. The predicted octanol–water partition coefficient (Wildman–Crippen LogP) is 7.63. The average Bonchev–Trinajstić information content (AvgIpc) is 3.53. The molecule has 0 amide bonds. The fraction of sp³-hybridized carbons (Fsp3) is 0.912. The molecule has 1 aliphatic carbocycles. The Hall–Kier alpha value is -0.990. The van der Waals surface area contributed by atoms with Crippen LogP contribution in [0, 0.1) is 11.8 Å². The third-order valence-electron chi connectivity index (χ3n) is 8.99. The second kappa shape index (κ2) is 19.3. The van der Waals surface area contributed by atoms with Crippen LogP contribution in [0.25, 0.3) is 0 Å². The third-order valence-corrected chi connectivity index (χ3v) is 8.99. The van der Waals surface area contributed by atoms with Gasteiger partial charge in [-0.15, -0.1) is 0 Å². The number of unbranched alkanes of at least 4 members (excludes halogenated alkanes) is 7. The van der Waals surface area contributed by atoms with E-state index >= 15 is 0 Å². The Balaban J connectivity index is 1.51. The normalized spacial score (nSPS) is 28.2. The van der Waals surface area contributed by atoms with Gasteiger partial charge in [-0.2, -0.15) is 0 Å². The summed E-state index contributed by atoms with van der Waals surface area (Å²) in [7, 11) is 0. The Morgan fingerprint density at radius 2 is 1.73 bits per heavy atom. The van der Waals surface area contributed by atoms with Gasteiger partial charge < -0.3 is 28.8 Å². The Morgan fingerprint density at radius 3 is 2.46 bits per heavy atom. The molecule has 3 rings (SSSR count). The lowest BCUT2D eigenvalue weighted by molar-refractivity contribution is -0.201. The smallest absolute Gasteiger partial charge is 0.306 e. The molecule has 238 valence electrons. The Labute approximate surface area is 250 Å². The van der Waals surface area contributed by atoms with Gasteiger partial charge in [-0.05, 0) is 83.5 Å². The molecule has 2 saturated heterocycles. The molecular weight excluding hydrogens is 520 g/mol. The van der Waals surface area contributed by atoms with Crippen molar-refractivity contribution in [1.29, 1.82) is 0 Å². The van der Waals surface area contributed by atoms with Gasteiger partial charge in [0.25, 0.3) is 0 Å². The summed E-state index contributed by atoms with van der Waals surface area (Å²) in [5.41, 5.74) is 0. The van der Waals surface area contributed by atoms with Crippen molar-refractivity contribution in [1.82, 2.24) is 0 Å². The standard InChI is InChI=1S/C34H60O7/c1-4-5-6-11-15-21-34(38-24-25-39-34)22-20-29-28(30(35)26-31(29)41-33-19-14-16-23-37-33)17-12-9-7-8-10-13-18-32(36)40-27(2)3/h9,12,27-31,33,35H,4-8,10-11,13-26H2,1-3H3/t28-,29-,30+,31-,33?/m1/s1. The van der Waals surface area contributed by atoms with E-state index in [0.29, 0.717) is 26.1 Å². The van der Waals surface area contributed by atoms with Gasteiger partial charge in [0.15, 0.2) is 12.1 Å². The molecule has 3 aliphatic rings. The maximum atomic E-state index is 11.7. The van der Waals surface area contributed by atoms with Crippen molar-refractivity contribution >= 4 is 5.97 Å². The summed E-state index contributed by atoms with van der Waals surface area (Å²) < 4.78 is 30.1. The average molecular weight is 581 g/mol. The minimum absolute atomic E-state index is 0.0000947. The summed E-state index contributed by atoms with van der Waals surface area (Å²) in [6.07, 6.45) is 22.0. The molecule has 2 aliphatic heterocycles. The van der Waals surface area contributed by atoms with E-state index in [1.807, 2.05) is 13.8 Å². The van der Waals surface area contributed by atoms with Crippen molar-refractivity contribution in [2.45, 2.75) is 167 Å². The highest BCUT2D eigenvalue weighted by Crippen LogP contribution is 2.43. The van der Waals surface area contributed by atoms with Crippen molar-refractivity contribution in [2.75, 3.05) is 19.8 Å². The lowest BCUT2D eigenvalue weighted by Gasteiger charge is -2.33. The number of rotatable bonds is 20. The lowest BCUT2D eigenvalue weighted by Crippen LogP contribution is -2.35. The Kier molecular flexibility index (Phi) is 16.3. The van der Waals surface area contributed by atoms with Gasteiger partial charge in [-0.1, -0.05) is 51.2 Å². The second-order valence-corrected chi connectivity index (χ2v) is 12.8. The van der Waals surface area contributed by atoms with E-state index < -0.39 is 5.79 Å². The van der Waals surface area contributed by atoms with Crippen molar-refractivity contribution in [3.63, 3.8) is 0 Å². The van der Waals surface area contributed by atoms with Gasteiger partial charge in [0.2, 0.25) is 0 Å². The molecule has 1 saturated carbocycles. The molecule has 0 radical (unpaired) electrons. The zero-order valence-electron chi connectivity index (χ0n) is 26.4. The van der Waals surface area contributed by atoms with E-state index in [4.69, 9.17) is 23.7 Å². The van der Waals surface area contributed by atoms with Crippen LogP contribution >= 0.6 is 0 Å². The Bertz CT molecular complexity index is 727. The van der Waals surface area contributed by atoms with Crippen LogP contribution in [0.2, 0.25) is 0 Å². The first-order chi connectivity index (χ1) is 19.9. The minimum Gasteiger partial charge on any atom is -0.463 e. The molecule has 0 aromatic rings. The molecule has 0 aromatic heterocycles. The van der Waals surface area contributed by atoms with Crippen molar-refractivity contribution in [3.05, 3.63) is 12.2 Å². The second-order valence-electron chi connectivity index (χ2n) is 12.8. The summed E-state index contributed by atoms with van der Waals surface area (Å²) in [5, 5.41) is 11.2. The zero-order chi connectivity index (χ0) is 29.3. The monoisotopic (exact) mass is 580 g/mol. The van der Waals surface area contributed by atoms with Crippen LogP contribution in [0.3, 0.4) is 0 Å². The fourth-order valence-corrected chi connectivity index (χ4v) is 6.75. The largest absolute Gasteiger partial charge is 0.463 e. The first-order valence-electron chi connectivity index (χ1n) is 17.0. The molecular formula is C34H60O7. The van der Waals surface area contributed by atoms with E-state index in [0.717, 1.165) is 83.7 Å². The number of aliphatic hydroxyl groups is 1. The summed E-state index contributed by atoms with van der Waals surface area (Å²) in [6, 6.07) is 0. The number of esters is 1. The van der Waals surface area contributed by atoms with Crippen LogP contribution in [0.1, 0.15) is 136 Å². The number of hydrogen-bond acceptors (Lipinski definition) is 7. The highest BCUT2D eigenvalue weighted by Gasteiger charge is 2.45. The molecule has 0 bridgehead atoms. The molecule has 0 spiro atoms. The topological polar surface area (TPSA) is 83.5 Å². The van der Waals surface area contributed by atoms with Crippen LogP contribution in [-0.4, -0.2) is 61.3 Å². The lowest BCUT2D eigenvalue weighted by atomic mass is 9.84. The Morgan fingerprint density at radius 1 is 0.951 bits per heavy atom. The van der Waals surface area contributed by atoms with Crippen LogP contribution in [0.4, 0.5) is 0 Å². The highest BCUT2D eigenvalue weighted by molar-refractivity contribution is 5.69. The number of hydrogen-bond donors (Lipinski definition) is 1. The first-order valence-corrected chi connectivity index (χ1v) is 17.0. The van der Waals surface area contributed by atoms with Crippen LogP contribution in [0.5, 0.6) is 0 Å². The predicted molar refractivity (Wildman–Crippen MR) is 161 cm³/mol. The maximum absolute atomic E-state index is 11.7. The SMILES string of the molecule is CCCCCCCC1(CC[C@@H]2[C@@H](CC=CCCCCCC(=O)OC(C)C)[C@@H](O)C[C@H]2OC2CCCCO2)OCCO1. The maximum Gasteiger partial charge on any atom is 0.306 e.